The number of thiazole rings is 2. The van der Waals surface area contributed by atoms with E-state index in [1.165, 1.54) is 11.3 Å². The molecule has 5 rings (SSSR count). The standard InChI is InChI=1S/C26H25ClN4O4S2/c1-35-16-12-21(25-28-13-17(36-25)7-9-24(33)34)31(14-16)23(32)11-15-6-8-19(18(27)10-15)29-26-30-20-4-2-3-5-22(20)37-26/h2-6,8,10,13,16,21H,7,9,11-12,14H2,1H3,(H,29,30)(H,33,34)/t16-,21-/m0/s1. The molecule has 1 saturated heterocycles. The number of rotatable bonds is 9. The normalized spacial score (nSPS) is 17.4. The average Bonchev–Trinajstić information content (AvgIpc) is 3.61. The van der Waals surface area contributed by atoms with Gasteiger partial charge in [0.1, 0.15) is 5.01 Å². The molecule has 0 saturated carbocycles. The molecule has 192 valence electrons. The van der Waals surface area contributed by atoms with E-state index in [4.69, 9.17) is 21.4 Å². The number of methoxy groups -OCH3 is 1. The highest BCUT2D eigenvalue weighted by molar-refractivity contribution is 7.22. The van der Waals surface area contributed by atoms with E-state index in [1.54, 1.807) is 30.7 Å². The van der Waals surface area contributed by atoms with E-state index in [2.05, 4.69) is 15.3 Å². The molecule has 37 heavy (non-hydrogen) atoms. The van der Waals surface area contributed by atoms with Crippen LogP contribution in [-0.2, 0) is 27.2 Å². The van der Waals surface area contributed by atoms with Crippen molar-refractivity contribution >= 4 is 67.2 Å². The van der Waals surface area contributed by atoms with Crippen molar-refractivity contribution in [3.8, 4) is 0 Å². The maximum Gasteiger partial charge on any atom is 0.303 e. The van der Waals surface area contributed by atoms with Gasteiger partial charge in [-0.25, -0.2) is 9.97 Å². The monoisotopic (exact) mass is 556 g/mol. The molecule has 0 bridgehead atoms. The van der Waals surface area contributed by atoms with Crippen molar-refractivity contribution in [1.29, 1.82) is 0 Å². The molecule has 4 aromatic rings. The predicted molar refractivity (Wildman–Crippen MR) is 146 cm³/mol. The number of ether oxygens (including phenoxy) is 1. The first-order valence-corrected chi connectivity index (χ1v) is 13.8. The van der Waals surface area contributed by atoms with Gasteiger partial charge in [-0.2, -0.15) is 0 Å². The number of nitrogens with zero attached hydrogens (tertiary/aromatic N) is 3. The number of aliphatic carboxylic acids is 1. The largest absolute Gasteiger partial charge is 0.481 e. The van der Waals surface area contributed by atoms with Crippen LogP contribution in [0.2, 0.25) is 5.02 Å². The first-order valence-electron chi connectivity index (χ1n) is 11.8. The molecule has 11 heteroatoms. The summed E-state index contributed by atoms with van der Waals surface area (Å²) in [5, 5.41) is 14.3. The fourth-order valence-corrected chi connectivity index (χ4v) is 6.56. The number of hydrogen-bond acceptors (Lipinski definition) is 8. The summed E-state index contributed by atoms with van der Waals surface area (Å²) in [5.74, 6) is -0.873. The number of likely N-dealkylation sites (tertiary alicyclic amines) is 1. The first kappa shape index (κ1) is 25.6. The zero-order valence-electron chi connectivity index (χ0n) is 20.0. The summed E-state index contributed by atoms with van der Waals surface area (Å²) in [5.41, 5.74) is 2.47. The Kier molecular flexibility index (Phi) is 7.71. The third-order valence-electron chi connectivity index (χ3n) is 6.28. The van der Waals surface area contributed by atoms with Crippen LogP contribution in [0.3, 0.4) is 0 Å². The summed E-state index contributed by atoms with van der Waals surface area (Å²) < 4.78 is 6.65. The number of carbonyl (C=O) groups excluding carboxylic acids is 1. The van der Waals surface area contributed by atoms with Crippen LogP contribution in [0, 0.1) is 0 Å². The Hall–Kier alpha value is -3.05. The Morgan fingerprint density at radius 2 is 2.08 bits per heavy atom. The maximum atomic E-state index is 13.4. The summed E-state index contributed by atoms with van der Waals surface area (Å²) >= 11 is 9.58. The number of aromatic nitrogens is 2. The number of carbonyl (C=O) groups is 2. The molecule has 1 aliphatic rings. The zero-order valence-corrected chi connectivity index (χ0v) is 22.4. The number of para-hydroxylation sites is 1. The fraction of sp³-hybridized carbons (Fsp3) is 0.308. The van der Waals surface area contributed by atoms with Crippen molar-refractivity contribution in [3.63, 3.8) is 0 Å². The molecule has 2 aromatic carbocycles. The van der Waals surface area contributed by atoms with Crippen molar-refractivity contribution < 1.29 is 19.4 Å². The number of carboxylic acid groups (broad SMARTS) is 1. The predicted octanol–water partition coefficient (Wildman–Crippen LogP) is 5.70. The van der Waals surface area contributed by atoms with Crippen LogP contribution in [-0.4, -0.2) is 51.6 Å². The third-order valence-corrected chi connectivity index (χ3v) is 8.71. The van der Waals surface area contributed by atoms with Crippen molar-refractivity contribution in [2.24, 2.45) is 0 Å². The van der Waals surface area contributed by atoms with Gasteiger partial charge in [-0.1, -0.05) is 41.1 Å². The van der Waals surface area contributed by atoms with Gasteiger partial charge in [0.15, 0.2) is 5.13 Å². The lowest BCUT2D eigenvalue weighted by Crippen LogP contribution is -2.33. The molecule has 0 unspecified atom stereocenters. The Bertz CT molecular complexity index is 1410. The second-order valence-electron chi connectivity index (χ2n) is 8.82. The van der Waals surface area contributed by atoms with Crippen molar-refractivity contribution in [2.75, 3.05) is 19.0 Å². The third kappa shape index (κ3) is 5.93. The summed E-state index contributed by atoms with van der Waals surface area (Å²) in [6.45, 7) is 0.481. The van der Waals surface area contributed by atoms with E-state index in [1.807, 2.05) is 41.3 Å². The number of nitrogens with one attached hydrogen (secondary N) is 1. The SMILES string of the molecule is CO[C@H]1C[C@@H](c2ncc(CCC(=O)O)s2)N(C(=O)Cc2ccc(Nc3nc4ccccc4s3)c(Cl)c2)C1. The smallest absolute Gasteiger partial charge is 0.303 e. The van der Waals surface area contributed by atoms with Crippen LogP contribution in [0.4, 0.5) is 10.8 Å². The molecule has 2 aromatic heterocycles. The molecule has 0 aliphatic carbocycles. The van der Waals surface area contributed by atoms with Gasteiger partial charge in [0, 0.05) is 31.1 Å². The molecular formula is C26H25ClN4O4S2. The lowest BCUT2D eigenvalue weighted by atomic mass is 10.1. The summed E-state index contributed by atoms with van der Waals surface area (Å²) in [6, 6.07) is 13.3. The molecule has 2 N–H and O–H groups in total. The number of fused-ring (bicyclic) bond motifs is 1. The highest BCUT2D eigenvalue weighted by Gasteiger charge is 2.37. The quantitative estimate of drug-likeness (QED) is 0.272. The molecule has 1 aliphatic heterocycles. The van der Waals surface area contributed by atoms with E-state index in [-0.39, 0.29) is 30.9 Å². The van der Waals surface area contributed by atoms with Crippen LogP contribution in [0.25, 0.3) is 10.2 Å². The average molecular weight is 557 g/mol. The molecule has 2 atom stereocenters. The van der Waals surface area contributed by atoms with Gasteiger partial charge in [0.2, 0.25) is 5.91 Å². The van der Waals surface area contributed by atoms with E-state index in [0.717, 1.165) is 36.5 Å². The number of halogens is 1. The van der Waals surface area contributed by atoms with Gasteiger partial charge in [-0.05, 0) is 36.2 Å². The van der Waals surface area contributed by atoms with Gasteiger partial charge in [0.05, 0.1) is 45.9 Å². The van der Waals surface area contributed by atoms with Gasteiger partial charge in [-0.3, -0.25) is 9.59 Å². The van der Waals surface area contributed by atoms with Crippen LogP contribution < -0.4 is 5.32 Å². The number of anilines is 2. The van der Waals surface area contributed by atoms with Crippen LogP contribution in [0.1, 0.15) is 34.3 Å². The van der Waals surface area contributed by atoms with Gasteiger partial charge < -0.3 is 20.1 Å². The van der Waals surface area contributed by atoms with Crippen molar-refractivity contribution in [1.82, 2.24) is 14.9 Å². The highest BCUT2D eigenvalue weighted by Crippen LogP contribution is 2.37. The molecule has 0 spiro atoms. The highest BCUT2D eigenvalue weighted by atomic mass is 35.5. The molecule has 1 amide bonds. The van der Waals surface area contributed by atoms with Gasteiger partial charge in [0.25, 0.3) is 0 Å². The molecule has 0 radical (unpaired) electrons. The van der Waals surface area contributed by atoms with E-state index in [9.17, 15) is 9.59 Å². The number of carboxylic acids is 1. The van der Waals surface area contributed by atoms with Crippen LogP contribution in [0.15, 0.2) is 48.7 Å². The van der Waals surface area contributed by atoms with Crippen LogP contribution >= 0.6 is 34.3 Å². The van der Waals surface area contributed by atoms with Gasteiger partial charge >= 0.3 is 5.97 Å². The van der Waals surface area contributed by atoms with Crippen molar-refractivity contribution in [3.05, 3.63) is 69.1 Å². The number of benzene rings is 2. The van der Waals surface area contributed by atoms with E-state index < -0.39 is 5.97 Å². The molecule has 3 heterocycles. The van der Waals surface area contributed by atoms with E-state index >= 15 is 0 Å². The van der Waals surface area contributed by atoms with Crippen molar-refractivity contribution in [2.45, 2.75) is 37.8 Å². The lowest BCUT2D eigenvalue weighted by Gasteiger charge is -2.23. The first-order chi connectivity index (χ1) is 17.9. The Balaban J connectivity index is 1.27. The molecular weight excluding hydrogens is 532 g/mol. The second kappa shape index (κ2) is 11.1. The maximum absolute atomic E-state index is 13.4. The Labute approximate surface area is 226 Å². The lowest BCUT2D eigenvalue weighted by molar-refractivity contribution is -0.137. The summed E-state index contributed by atoms with van der Waals surface area (Å²) in [6.07, 6.45) is 2.97. The van der Waals surface area contributed by atoms with Crippen LogP contribution in [0.5, 0.6) is 0 Å². The topological polar surface area (TPSA) is 105 Å². The van der Waals surface area contributed by atoms with E-state index in [0.29, 0.717) is 24.4 Å². The summed E-state index contributed by atoms with van der Waals surface area (Å²) in [7, 11) is 1.65. The molecule has 1 fully saturated rings. The number of amides is 1. The minimum absolute atomic E-state index is 0.0326. The summed E-state index contributed by atoms with van der Waals surface area (Å²) in [4.78, 5) is 36.1. The number of hydrogen-bond donors (Lipinski definition) is 2. The number of aryl methyl sites for hydroxylation is 1. The Morgan fingerprint density at radius 3 is 2.84 bits per heavy atom. The van der Waals surface area contributed by atoms with Gasteiger partial charge in [-0.15, -0.1) is 11.3 Å². The fourth-order valence-electron chi connectivity index (χ4n) is 4.39. The zero-order chi connectivity index (χ0) is 25.9. The molecule has 8 nitrogen and oxygen atoms in total. The second-order valence-corrected chi connectivity index (χ2v) is 11.4. The Morgan fingerprint density at radius 1 is 1.24 bits per heavy atom. The minimum atomic E-state index is -0.841. The minimum Gasteiger partial charge on any atom is -0.481 e.